The van der Waals surface area contributed by atoms with Crippen LogP contribution in [0.2, 0.25) is 0 Å². The van der Waals surface area contributed by atoms with Crippen LogP contribution in [-0.4, -0.2) is 6.71 Å². The molecule has 0 saturated heterocycles. The molecule has 13 aromatic rings. The number of para-hydroxylation sites is 2. The third kappa shape index (κ3) is 7.85. The standard InChI is InChI=1S/C76H55BN2S/c1-76(2,3)57-48-69-72-70(49-57)79(74-60(53-30-15-7-16-31-53)37-22-38-61(74)54-32-17-8-18-33-54)68-45-43-56(62-39-23-40-64-63-34-19-20-41-71(63)80-75(62)64)47-66(68)77(72)65-46-55(50-24-9-4-10-25-50)42-44-67(65)78(69)73-58(51-26-11-5-12-27-51)35-21-36-59(73)52-28-13-6-14-29-52/h4-49H,1-3H3/i21D,22D. The predicted octanol–water partition coefficient (Wildman–Crippen LogP) is 19.4. The van der Waals surface area contributed by atoms with Gasteiger partial charge in [0.25, 0.3) is 6.71 Å². The molecule has 0 unspecified atom stereocenters. The van der Waals surface area contributed by atoms with E-state index in [2.05, 4.69) is 297 Å². The zero-order valence-electron chi connectivity index (χ0n) is 46.8. The highest BCUT2D eigenvalue weighted by Crippen LogP contribution is 2.54. The topological polar surface area (TPSA) is 6.48 Å². The zero-order valence-corrected chi connectivity index (χ0v) is 45.6. The fourth-order valence-electron chi connectivity index (χ4n) is 12.7. The maximum Gasteiger partial charge on any atom is 0.252 e. The number of thiophene rings is 1. The molecule has 2 aliphatic rings. The Bertz CT molecular complexity index is 4490. The second kappa shape index (κ2) is 19.2. The number of hydrogen-bond donors (Lipinski definition) is 0. The summed E-state index contributed by atoms with van der Waals surface area (Å²) in [5, 5.41) is 2.54. The van der Waals surface area contributed by atoms with E-state index in [-0.39, 0.29) is 12.1 Å². The number of nitrogens with zero attached hydrogens (tertiary/aromatic N) is 2. The molecule has 378 valence electrons. The first kappa shape index (κ1) is 45.5. The third-order valence-electron chi connectivity index (χ3n) is 16.5. The molecule has 15 rings (SSSR count). The van der Waals surface area contributed by atoms with Gasteiger partial charge in [-0.1, -0.05) is 269 Å². The van der Waals surface area contributed by atoms with Gasteiger partial charge < -0.3 is 9.80 Å². The molecule has 0 spiro atoms. The van der Waals surface area contributed by atoms with E-state index in [9.17, 15) is 2.74 Å². The molecule has 0 atom stereocenters. The number of anilines is 6. The summed E-state index contributed by atoms with van der Waals surface area (Å²) in [5.41, 5.74) is 23.6. The van der Waals surface area contributed by atoms with Crippen molar-refractivity contribution in [2.75, 3.05) is 9.80 Å². The fraction of sp³-hybridized carbons (Fsp3) is 0.0526. The number of benzene rings is 12. The van der Waals surface area contributed by atoms with E-state index in [4.69, 9.17) is 0 Å². The smallest absolute Gasteiger partial charge is 0.252 e. The number of fused-ring (bicyclic) bond motifs is 7. The quantitative estimate of drug-likeness (QED) is 0.140. The van der Waals surface area contributed by atoms with Crippen molar-refractivity contribution in [2.45, 2.75) is 26.2 Å². The summed E-state index contributed by atoms with van der Waals surface area (Å²) in [7, 11) is 0. The van der Waals surface area contributed by atoms with Gasteiger partial charge in [0.15, 0.2) is 0 Å². The minimum Gasteiger partial charge on any atom is -0.310 e. The van der Waals surface area contributed by atoms with E-state index in [1.807, 2.05) is 11.3 Å². The average molecular weight is 1040 g/mol. The third-order valence-corrected chi connectivity index (χ3v) is 17.7. The molecular formula is C76H55BN2S. The Morgan fingerprint density at radius 3 is 1.24 bits per heavy atom. The van der Waals surface area contributed by atoms with E-state index in [0.717, 1.165) is 95.3 Å². The van der Waals surface area contributed by atoms with Crippen LogP contribution in [0.1, 0.15) is 29.1 Å². The van der Waals surface area contributed by atoms with Crippen molar-refractivity contribution in [1.82, 2.24) is 0 Å². The second-order valence-corrected chi connectivity index (χ2v) is 23.3. The summed E-state index contributed by atoms with van der Waals surface area (Å²) in [6, 6.07) is 97.5. The normalized spacial score (nSPS) is 13.0. The lowest BCUT2D eigenvalue weighted by Crippen LogP contribution is -2.61. The SMILES string of the molecule is [2H]c1cc(-c2ccccc2)c(N2c3ccc(-c4ccccc4)cc3B3c4cc(-c5cccc6c5sc5ccccc56)ccc4N(c4c(-c5ccccc5)cc([2H])cc4-c4ccccc4)c4cc(C(C)(C)C)cc2c43)c(-c2ccccc2)c1. The fourth-order valence-corrected chi connectivity index (χ4v) is 13.9. The van der Waals surface area contributed by atoms with E-state index in [0.29, 0.717) is 12.1 Å². The molecule has 0 fully saturated rings. The Hall–Kier alpha value is -9.48. The van der Waals surface area contributed by atoms with Crippen molar-refractivity contribution < 1.29 is 2.74 Å². The number of hydrogen-bond acceptors (Lipinski definition) is 3. The van der Waals surface area contributed by atoms with Gasteiger partial charge in [0.05, 0.1) is 14.1 Å². The van der Waals surface area contributed by atoms with Gasteiger partial charge in [-0.2, -0.15) is 0 Å². The maximum absolute atomic E-state index is 9.58. The summed E-state index contributed by atoms with van der Waals surface area (Å²) >= 11 is 1.87. The minimum atomic E-state index is -0.298. The van der Waals surface area contributed by atoms with Crippen LogP contribution in [0.4, 0.5) is 34.1 Å². The molecule has 0 aliphatic carbocycles. The highest BCUT2D eigenvalue weighted by molar-refractivity contribution is 7.26. The molecule has 0 bridgehead atoms. The summed E-state index contributed by atoms with van der Waals surface area (Å²) < 4.78 is 21.7. The first-order chi connectivity index (χ1) is 40.1. The highest BCUT2D eigenvalue weighted by Gasteiger charge is 2.46. The van der Waals surface area contributed by atoms with Crippen LogP contribution in [0.3, 0.4) is 0 Å². The Kier molecular flexibility index (Phi) is 10.9. The molecule has 4 heteroatoms. The van der Waals surface area contributed by atoms with Crippen molar-refractivity contribution in [3.8, 4) is 66.8 Å². The highest BCUT2D eigenvalue weighted by atomic mass is 32.1. The van der Waals surface area contributed by atoms with Gasteiger partial charge >= 0.3 is 0 Å². The van der Waals surface area contributed by atoms with Crippen molar-refractivity contribution in [1.29, 1.82) is 0 Å². The van der Waals surface area contributed by atoms with Gasteiger partial charge in [-0.25, -0.2) is 0 Å². The van der Waals surface area contributed by atoms with Crippen LogP contribution < -0.4 is 26.2 Å². The molecule has 3 heterocycles. The molecular weight excluding hydrogens is 984 g/mol. The molecule has 0 amide bonds. The van der Waals surface area contributed by atoms with Crippen molar-refractivity contribution >= 4 is 88.7 Å². The first-order valence-electron chi connectivity index (χ1n) is 28.7. The number of rotatable bonds is 8. The largest absolute Gasteiger partial charge is 0.310 e. The van der Waals surface area contributed by atoms with E-state index >= 15 is 0 Å². The van der Waals surface area contributed by atoms with Gasteiger partial charge in [-0.15, -0.1) is 11.3 Å². The van der Waals surface area contributed by atoms with E-state index in [1.54, 1.807) is 0 Å². The van der Waals surface area contributed by atoms with E-state index < -0.39 is 0 Å². The molecule has 1 aromatic heterocycles. The lowest BCUT2D eigenvalue weighted by molar-refractivity contribution is 0.590. The van der Waals surface area contributed by atoms with Gasteiger partial charge in [0, 0.05) is 65.2 Å². The Morgan fingerprint density at radius 1 is 0.350 bits per heavy atom. The van der Waals surface area contributed by atoms with E-state index in [1.165, 1.54) is 47.7 Å². The lowest BCUT2D eigenvalue weighted by atomic mass is 9.33. The maximum atomic E-state index is 9.58. The summed E-state index contributed by atoms with van der Waals surface area (Å²) in [6.45, 7) is 6.74. The van der Waals surface area contributed by atoms with Gasteiger partial charge in [0.1, 0.15) is 0 Å². The van der Waals surface area contributed by atoms with Crippen LogP contribution in [-0.2, 0) is 5.41 Å². The Labute approximate surface area is 476 Å². The predicted molar refractivity (Wildman–Crippen MR) is 345 cm³/mol. The van der Waals surface area contributed by atoms with Crippen molar-refractivity contribution in [2.24, 2.45) is 0 Å². The van der Waals surface area contributed by atoms with Crippen LogP contribution in [0.25, 0.3) is 86.9 Å². The molecule has 0 radical (unpaired) electrons. The van der Waals surface area contributed by atoms with Gasteiger partial charge in [-0.05, 0) is 102 Å². The van der Waals surface area contributed by atoms with Crippen molar-refractivity contribution in [3.63, 3.8) is 0 Å². The molecule has 0 saturated carbocycles. The monoisotopic (exact) mass is 1040 g/mol. The summed E-state index contributed by atoms with van der Waals surface area (Å²) in [4.78, 5) is 5.13. The average Bonchev–Trinajstić information content (AvgIpc) is 2.63. The molecule has 12 aromatic carbocycles. The molecule has 2 nitrogen and oxygen atoms in total. The minimum absolute atomic E-state index is 0.242. The molecule has 0 N–H and O–H groups in total. The van der Waals surface area contributed by atoms with Crippen LogP contribution in [0, 0.1) is 0 Å². The summed E-state index contributed by atoms with van der Waals surface area (Å²) in [5.74, 6) is 0. The van der Waals surface area contributed by atoms with Crippen molar-refractivity contribution in [3.05, 3.63) is 285 Å². The summed E-state index contributed by atoms with van der Waals surface area (Å²) in [6.07, 6.45) is 0. The Balaban J connectivity index is 1.13. The van der Waals surface area contributed by atoms with Crippen LogP contribution in [0.15, 0.2) is 279 Å². The first-order valence-corrected chi connectivity index (χ1v) is 28.5. The molecule has 2 aliphatic heterocycles. The van der Waals surface area contributed by atoms with Crippen LogP contribution >= 0.6 is 11.3 Å². The van der Waals surface area contributed by atoms with Gasteiger partial charge in [-0.3, -0.25) is 0 Å². The lowest BCUT2D eigenvalue weighted by Gasteiger charge is -2.46. The zero-order chi connectivity index (χ0) is 55.2. The van der Waals surface area contributed by atoms with Crippen LogP contribution in [0.5, 0.6) is 0 Å². The second-order valence-electron chi connectivity index (χ2n) is 22.2. The molecule has 80 heavy (non-hydrogen) atoms. The van der Waals surface area contributed by atoms with Gasteiger partial charge in [0.2, 0.25) is 0 Å². The Morgan fingerprint density at radius 2 is 0.762 bits per heavy atom.